The topological polar surface area (TPSA) is 109 Å². The molecule has 0 spiro atoms. The molecule has 0 aliphatic carbocycles. The standard InChI is InChI=1S/C24H26N2O6S/c1-15-19(12-16-5-8-22-17(11-16)9-10-33(22,30)31)20-13-18(26(28)29)6-7-21(20)25(15)14-23(27)32-24(2,3)4/h5-8,11,13H,9-10,12,14H2,1-4H3. The van der Waals surface area contributed by atoms with Crippen LogP contribution in [0.5, 0.6) is 0 Å². The molecule has 0 unspecified atom stereocenters. The van der Waals surface area contributed by atoms with Gasteiger partial charge in [-0.15, -0.1) is 0 Å². The van der Waals surface area contributed by atoms with Gasteiger partial charge in [-0.25, -0.2) is 8.42 Å². The highest BCUT2D eigenvalue weighted by atomic mass is 32.2. The van der Waals surface area contributed by atoms with E-state index in [1.54, 1.807) is 39.0 Å². The van der Waals surface area contributed by atoms with E-state index in [4.69, 9.17) is 4.74 Å². The van der Waals surface area contributed by atoms with Gasteiger partial charge < -0.3 is 9.30 Å². The number of rotatable bonds is 5. The van der Waals surface area contributed by atoms with Crippen LogP contribution in [0.2, 0.25) is 0 Å². The molecule has 0 radical (unpaired) electrons. The molecule has 8 nitrogen and oxygen atoms in total. The van der Waals surface area contributed by atoms with E-state index in [1.807, 2.05) is 17.6 Å². The molecule has 0 saturated heterocycles. The van der Waals surface area contributed by atoms with Crippen molar-refractivity contribution in [2.75, 3.05) is 5.75 Å². The number of esters is 1. The zero-order valence-electron chi connectivity index (χ0n) is 19.0. The van der Waals surface area contributed by atoms with E-state index in [2.05, 4.69) is 0 Å². The minimum Gasteiger partial charge on any atom is -0.459 e. The Morgan fingerprint density at radius 3 is 2.58 bits per heavy atom. The smallest absolute Gasteiger partial charge is 0.326 e. The molecule has 1 aliphatic rings. The zero-order chi connectivity index (χ0) is 24.1. The number of non-ortho nitro benzene ring substituents is 1. The fourth-order valence-electron chi connectivity index (χ4n) is 4.38. The predicted molar refractivity (Wildman–Crippen MR) is 124 cm³/mol. The lowest BCUT2D eigenvalue weighted by atomic mass is 9.99. The van der Waals surface area contributed by atoms with Gasteiger partial charge in [0, 0.05) is 28.7 Å². The Kier molecular flexibility index (Phi) is 5.56. The van der Waals surface area contributed by atoms with Crippen LogP contribution < -0.4 is 0 Å². The first-order chi connectivity index (χ1) is 15.4. The lowest BCUT2D eigenvalue weighted by molar-refractivity contribution is -0.384. The summed E-state index contributed by atoms with van der Waals surface area (Å²) in [6, 6.07) is 9.94. The summed E-state index contributed by atoms with van der Waals surface area (Å²) < 4.78 is 31.6. The average molecular weight is 471 g/mol. The van der Waals surface area contributed by atoms with Gasteiger partial charge in [-0.1, -0.05) is 12.1 Å². The van der Waals surface area contributed by atoms with Gasteiger partial charge in [0.15, 0.2) is 9.84 Å². The highest BCUT2D eigenvalue weighted by molar-refractivity contribution is 7.91. The molecule has 33 heavy (non-hydrogen) atoms. The van der Waals surface area contributed by atoms with E-state index in [0.717, 1.165) is 22.4 Å². The van der Waals surface area contributed by atoms with Crippen molar-refractivity contribution in [3.63, 3.8) is 0 Å². The summed E-state index contributed by atoms with van der Waals surface area (Å²) in [4.78, 5) is 23.9. The number of benzene rings is 2. The molecule has 2 aromatic carbocycles. The summed E-state index contributed by atoms with van der Waals surface area (Å²) in [5.41, 5.74) is 3.44. The molecule has 0 atom stereocenters. The van der Waals surface area contributed by atoms with Crippen molar-refractivity contribution in [3.8, 4) is 0 Å². The molecule has 0 amide bonds. The van der Waals surface area contributed by atoms with Crippen LogP contribution in [0, 0.1) is 17.0 Å². The minimum atomic E-state index is -3.21. The average Bonchev–Trinajstić information content (AvgIpc) is 3.14. The lowest BCUT2D eigenvalue weighted by Gasteiger charge is -2.20. The van der Waals surface area contributed by atoms with Gasteiger partial charge in [0.2, 0.25) is 0 Å². The first kappa shape index (κ1) is 23.0. The van der Waals surface area contributed by atoms with Crippen LogP contribution >= 0.6 is 0 Å². The zero-order valence-corrected chi connectivity index (χ0v) is 19.9. The van der Waals surface area contributed by atoms with E-state index in [0.29, 0.717) is 28.6 Å². The van der Waals surface area contributed by atoms with Crippen molar-refractivity contribution in [1.29, 1.82) is 0 Å². The number of nitrogens with zero attached hydrogens (tertiary/aromatic N) is 2. The number of aromatic nitrogens is 1. The van der Waals surface area contributed by atoms with Crippen molar-refractivity contribution < 1.29 is 22.9 Å². The SMILES string of the molecule is Cc1c(Cc2ccc3c(c2)CCS3(=O)=O)c2cc([N+](=O)[O-])ccc2n1CC(=O)OC(C)(C)C. The van der Waals surface area contributed by atoms with Crippen LogP contribution in [-0.4, -0.2) is 35.2 Å². The van der Waals surface area contributed by atoms with E-state index in [9.17, 15) is 23.3 Å². The van der Waals surface area contributed by atoms with Crippen LogP contribution in [0.1, 0.15) is 43.2 Å². The molecule has 2 heterocycles. The Bertz CT molecular complexity index is 1400. The van der Waals surface area contributed by atoms with Crippen LogP contribution in [-0.2, 0) is 38.8 Å². The summed E-state index contributed by atoms with van der Waals surface area (Å²) in [7, 11) is -3.21. The van der Waals surface area contributed by atoms with E-state index in [1.165, 1.54) is 12.1 Å². The number of nitro benzene ring substituents is 1. The number of fused-ring (bicyclic) bond motifs is 2. The molecular formula is C24H26N2O6S. The number of nitro groups is 1. The third-order valence-corrected chi connectivity index (χ3v) is 7.65. The van der Waals surface area contributed by atoms with Gasteiger partial charge in [-0.2, -0.15) is 0 Å². The maximum Gasteiger partial charge on any atom is 0.326 e. The molecule has 0 fully saturated rings. The van der Waals surface area contributed by atoms with Crippen LogP contribution in [0.25, 0.3) is 10.9 Å². The number of hydrogen-bond acceptors (Lipinski definition) is 6. The van der Waals surface area contributed by atoms with Crippen molar-refractivity contribution in [2.24, 2.45) is 0 Å². The Morgan fingerprint density at radius 2 is 1.91 bits per heavy atom. The minimum absolute atomic E-state index is 0.0140. The van der Waals surface area contributed by atoms with Crippen LogP contribution in [0.3, 0.4) is 0 Å². The number of hydrogen-bond donors (Lipinski definition) is 0. The van der Waals surface area contributed by atoms with Crippen molar-refractivity contribution in [3.05, 3.63) is 68.9 Å². The summed E-state index contributed by atoms with van der Waals surface area (Å²) in [5.74, 6) is -0.276. The first-order valence-electron chi connectivity index (χ1n) is 10.7. The van der Waals surface area contributed by atoms with Crippen LogP contribution in [0.15, 0.2) is 41.3 Å². The summed E-state index contributed by atoms with van der Waals surface area (Å²) in [6.07, 6.45) is 0.939. The number of sulfone groups is 1. The maximum atomic E-state index is 12.5. The van der Waals surface area contributed by atoms with Crippen molar-refractivity contribution in [2.45, 2.75) is 57.6 Å². The molecule has 0 saturated carbocycles. The van der Waals surface area contributed by atoms with Crippen molar-refractivity contribution >= 4 is 32.4 Å². The lowest BCUT2D eigenvalue weighted by Crippen LogP contribution is -2.26. The Morgan fingerprint density at radius 1 is 1.18 bits per heavy atom. The summed E-state index contributed by atoms with van der Waals surface area (Å²) in [5, 5.41) is 12.1. The maximum absolute atomic E-state index is 12.5. The van der Waals surface area contributed by atoms with Gasteiger partial charge in [-0.3, -0.25) is 14.9 Å². The van der Waals surface area contributed by atoms with Crippen molar-refractivity contribution in [1.82, 2.24) is 4.57 Å². The molecular weight excluding hydrogens is 444 g/mol. The molecule has 0 N–H and O–H groups in total. The summed E-state index contributed by atoms with van der Waals surface area (Å²) in [6.45, 7) is 7.26. The highest BCUT2D eigenvalue weighted by Crippen LogP contribution is 2.33. The number of ether oxygens (including phenoxy) is 1. The summed E-state index contributed by atoms with van der Waals surface area (Å²) >= 11 is 0. The van der Waals surface area contributed by atoms with E-state index < -0.39 is 26.3 Å². The van der Waals surface area contributed by atoms with Gasteiger partial charge in [-0.05, 0) is 69.4 Å². The van der Waals surface area contributed by atoms with E-state index >= 15 is 0 Å². The fourth-order valence-corrected chi connectivity index (χ4v) is 5.93. The second-order valence-corrected chi connectivity index (χ2v) is 11.5. The molecule has 174 valence electrons. The van der Waals surface area contributed by atoms with Gasteiger partial charge in [0.05, 0.1) is 15.6 Å². The fraction of sp³-hybridized carbons (Fsp3) is 0.375. The number of aryl methyl sites for hydroxylation is 1. The predicted octanol–water partition coefficient (Wildman–Crippen LogP) is 4.12. The number of carbonyl (C=O) groups excluding carboxylic acids is 1. The molecule has 1 aromatic heterocycles. The van der Waals surface area contributed by atoms with Crippen LogP contribution in [0.4, 0.5) is 5.69 Å². The van der Waals surface area contributed by atoms with Gasteiger partial charge in [0.1, 0.15) is 12.1 Å². The third kappa shape index (κ3) is 4.50. The second-order valence-electron chi connectivity index (χ2n) is 9.38. The van der Waals surface area contributed by atoms with E-state index in [-0.39, 0.29) is 18.0 Å². The third-order valence-electron chi connectivity index (χ3n) is 5.84. The molecule has 0 bridgehead atoms. The Hall–Kier alpha value is -3.20. The normalized spacial score (nSPS) is 14.9. The molecule has 9 heteroatoms. The largest absolute Gasteiger partial charge is 0.459 e. The van der Waals surface area contributed by atoms with Gasteiger partial charge in [0.25, 0.3) is 5.69 Å². The monoisotopic (exact) mass is 470 g/mol. The Balaban J connectivity index is 1.78. The molecule has 4 rings (SSSR count). The number of carbonyl (C=O) groups is 1. The second kappa shape index (κ2) is 7.98. The highest BCUT2D eigenvalue weighted by Gasteiger charge is 2.27. The first-order valence-corrected chi connectivity index (χ1v) is 12.3. The quantitative estimate of drug-likeness (QED) is 0.315. The molecule has 3 aromatic rings. The van der Waals surface area contributed by atoms with Gasteiger partial charge >= 0.3 is 5.97 Å². The molecule has 1 aliphatic heterocycles. The Labute approximate surface area is 192 Å².